The van der Waals surface area contributed by atoms with Gasteiger partial charge in [-0.3, -0.25) is 4.79 Å². The lowest BCUT2D eigenvalue weighted by Crippen LogP contribution is -2.17. The number of aryl methyl sites for hydroxylation is 1. The molecule has 0 saturated heterocycles. The SMILES string of the molecule is Cc1nonc1NC(=O)CC(c1ccccc1)c1ccccc1. The van der Waals surface area contributed by atoms with Crippen LogP contribution in [0.25, 0.3) is 0 Å². The van der Waals surface area contributed by atoms with E-state index >= 15 is 0 Å². The number of hydrogen-bond donors (Lipinski definition) is 1. The third-order valence-electron chi connectivity index (χ3n) is 3.70. The molecule has 0 bridgehead atoms. The number of anilines is 1. The van der Waals surface area contributed by atoms with E-state index < -0.39 is 0 Å². The van der Waals surface area contributed by atoms with Crippen molar-refractivity contribution in [2.45, 2.75) is 19.3 Å². The number of carbonyl (C=O) groups is 1. The summed E-state index contributed by atoms with van der Waals surface area (Å²) in [5, 5.41) is 10.1. The van der Waals surface area contributed by atoms with Crippen LogP contribution in [0.4, 0.5) is 5.82 Å². The Morgan fingerprint density at radius 3 is 2.04 bits per heavy atom. The Labute approximate surface area is 134 Å². The second-order valence-corrected chi connectivity index (χ2v) is 5.32. The Kier molecular flexibility index (Phi) is 4.47. The first-order chi connectivity index (χ1) is 11.2. The summed E-state index contributed by atoms with van der Waals surface area (Å²) in [5.74, 6) is 0.231. The Bertz CT molecular complexity index is 730. The molecule has 2 aromatic carbocycles. The maximum atomic E-state index is 12.4. The van der Waals surface area contributed by atoms with E-state index in [1.165, 1.54) is 0 Å². The Hall–Kier alpha value is -2.95. The van der Waals surface area contributed by atoms with E-state index in [0.717, 1.165) is 11.1 Å². The van der Waals surface area contributed by atoms with Crippen LogP contribution >= 0.6 is 0 Å². The summed E-state index contributed by atoms with van der Waals surface area (Å²) in [4.78, 5) is 12.4. The van der Waals surface area contributed by atoms with Crippen molar-refractivity contribution in [3.63, 3.8) is 0 Å². The van der Waals surface area contributed by atoms with E-state index in [2.05, 4.69) is 20.3 Å². The molecule has 3 rings (SSSR count). The molecule has 3 aromatic rings. The van der Waals surface area contributed by atoms with Gasteiger partial charge in [-0.15, -0.1) is 0 Å². The molecule has 0 aliphatic heterocycles. The molecule has 0 fully saturated rings. The predicted octanol–water partition coefficient (Wildman–Crippen LogP) is 3.54. The molecule has 0 saturated carbocycles. The minimum Gasteiger partial charge on any atom is -0.306 e. The molecule has 0 aliphatic carbocycles. The topological polar surface area (TPSA) is 68.0 Å². The molecule has 5 heteroatoms. The summed E-state index contributed by atoms with van der Waals surface area (Å²) in [6.45, 7) is 1.73. The van der Waals surface area contributed by atoms with Crippen LogP contribution in [0.15, 0.2) is 65.3 Å². The molecular formula is C18H17N3O2. The molecule has 1 aromatic heterocycles. The summed E-state index contributed by atoms with van der Waals surface area (Å²) in [5.41, 5.74) is 2.77. The van der Waals surface area contributed by atoms with E-state index in [1.807, 2.05) is 60.7 Å². The van der Waals surface area contributed by atoms with Gasteiger partial charge in [0.25, 0.3) is 0 Å². The van der Waals surface area contributed by atoms with Gasteiger partial charge in [-0.05, 0) is 23.2 Å². The van der Waals surface area contributed by atoms with Crippen LogP contribution in [0, 0.1) is 6.92 Å². The molecule has 1 amide bonds. The quantitative estimate of drug-likeness (QED) is 0.783. The first-order valence-corrected chi connectivity index (χ1v) is 7.43. The van der Waals surface area contributed by atoms with Gasteiger partial charge in [0, 0.05) is 12.3 Å². The molecule has 23 heavy (non-hydrogen) atoms. The number of benzene rings is 2. The summed E-state index contributed by atoms with van der Waals surface area (Å²) < 4.78 is 4.61. The summed E-state index contributed by atoms with van der Waals surface area (Å²) >= 11 is 0. The molecule has 0 aliphatic rings. The predicted molar refractivity (Wildman–Crippen MR) is 87.0 cm³/mol. The highest BCUT2D eigenvalue weighted by Crippen LogP contribution is 2.28. The van der Waals surface area contributed by atoms with Crippen LogP contribution in [0.2, 0.25) is 0 Å². The van der Waals surface area contributed by atoms with Crippen molar-refractivity contribution in [2.75, 3.05) is 5.32 Å². The summed E-state index contributed by atoms with van der Waals surface area (Å²) in [6.07, 6.45) is 0.320. The molecule has 0 radical (unpaired) electrons. The second kappa shape index (κ2) is 6.87. The van der Waals surface area contributed by atoms with Gasteiger partial charge in [0.2, 0.25) is 5.91 Å². The molecule has 0 spiro atoms. The monoisotopic (exact) mass is 307 g/mol. The smallest absolute Gasteiger partial charge is 0.226 e. The van der Waals surface area contributed by atoms with Gasteiger partial charge in [0.1, 0.15) is 5.69 Å². The van der Waals surface area contributed by atoms with Gasteiger partial charge in [-0.2, -0.15) is 0 Å². The van der Waals surface area contributed by atoms with E-state index in [1.54, 1.807) is 6.92 Å². The maximum absolute atomic E-state index is 12.4. The van der Waals surface area contributed by atoms with Crippen molar-refractivity contribution in [2.24, 2.45) is 0 Å². The van der Waals surface area contributed by atoms with Gasteiger partial charge in [-0.1, -0.05) is 65.8 Å². The van der Waals surface area contributed by atoms with E-state index in [4.69, 9.17) is 0 Å². The standard InChI is InChI=1S/C18H17N3O2/c1-13-18(21-23-20-13)19-17(22)12-16(14-8-4-2-5-9-14)15-10-6-3-7-11-15/h2-11,16H,12H2,1H3,(H,19,21,22). The molecule has 0 unspecified atom stereocenters. The van der Waals surface area contributed by atoms with Crippen LogP contribution in [0.1, 0.15) is 29.2 Å². The van der Waals surface area contributed by atoms with Gasteiger partial charge in [0.15, 0.2) is 5.82 Å². The zero-order valence-corrected chi connectivity index (χ0v) is 12.8. The number of hydrogen-bond acceptors (Lipinski definition) is 4. The van der Waals surface area contributed by atoms with Crippen LogP contribution in [-0.2, 0) is 4.79 Å². The van der Waals surface area contributed by atoms with Crippen LogP contribution in [-0.4, -0.2) is 16.2 Å². The highest BCUT2D eigenvalue weighted by Gasteiger charge is 2.19. The van der Waals surface area contributed by atoms with Crippen LogP contribution in [0.5, 0.6) is 0 Å². The largest absolute Gasteiger partial charge is 0.306 e. The zero-order chi connectivity index (χ0) is 16.1. The van der Waals surface area contributed by atoms with E-state index in [-0.39, 0.29) is 11.8 Å². The highest BCUT2D eigenvalue weighted by molar-refractivity contribution is 5.91. The first-order valence-electron chi connectivity index (χ1n) is 7.43. The fourth-order valence-corrected chi connectivity index (χ4v) is 2.51. The lowest BCUT2D eigenvalue weighted by molar-refractivity contribution is -0.116. The first kappa shape index (κ1) is 15.0. The number of amides is 1. The van der Waals surface area contributed by atoms with Gasteiger partial charge < -0.3 is 5.32 Å². The molecule has 1 N–H and O–H groups in total. The minimum atomic E-state index is -0.124. The van der Waals surface area contributed by atoms with Gasteiger partial charge >= 0.3 is 0 Å². The van der Waals surface area contributed by atoms with Crippen molar-refractivity contribution in [1.29, 1.82) is 0 Å². The molecule has 1 heterocycles. The second-order valence-electron chi connectivity index (χ2n) is 5.32. The minimum absolute atomic E-state index is 0.0161. The van der Waals surface area contributed by atoms with Crippen molar-refractivity contribution < 1.29 is 9.42 Å². The number of aromatic nitrogens is 2. The Balaban J connectivity index is 1.82. The normalized spacial score (nSPS) is 10.7. The fraction of sp³-hybridized carbons (Fsp3) is 0.167. The van der Waals surface area contributed by atoms with E-state index in [0.29, 0.717) is 17.9 Å². The zero-order valence-electron chi connectivity index (χ0n) is 12.8. The third kappa shape index (κ3) is 3.63. The number of nitrogens with zero attached hydrogens (tertiary/aromatic N) is 2. The third-order valence-corrected chi connectivity index (χ3v) is 3.70. The molecule has 116 valence electrons. The summed E-state index contributed by atoms with van der Waals surface area (Å²) in [6, 6.07) is 20.0. The average molecular weight is 307 g/mol. The summed E-state index contributed by atoms with van der Waals surface area (Å²) in [7, 11) is 0. The van der Waals surface area contributed by atoms with Gasteiger partial charge in [0.05, 0.1) is 0 Å². The highest BCUT2D eigenvalue weighted by atomic mass is 16.6. The van der Waals surface area contributed by atoms with Gasteiger partial charge in [-0.25, -0.2) is 4.63 Å². The molecular weight excluding hydrogens is 290 g/mol. The molecule has 0 atom stereocenters. The van der Waals surface area contributed by atoms with Crippen molar-refractivity contribution in [1.82, 2.24) is 10.3 Å². The number of nitrogens with one attached hydrogen (secondary N) is 1. The molecule has 5 nitrogen and oxygen atoms in total. The van der Waals surface area contributed by atoms with E-state index in [9.17, 15) is 4.79 Å². The number of rotatable bonds is 5. The fourth-order valence-electron chi connectivity index (χ4n) is 2.51. The lowest BCUT2D eigenvalue weighted by Gasteiger charge is -2.17. The van der Waals surface area contributed by atoms with Crippen molar-refractivity contribution in [3.05, 3.63) is 77.5 Å². The van der Waals surface area contributed by atoms with Crippen LogP contribution < -0.4 is 5.32 Å². The average Bonchev–Trinajstić information content (AvgIpc) is 2.99. The van der Waals surface area contributed by atoms with Crippen molar-refractivity contribution in [3.8, 4) is 0 Å². The Morgan fingerprint density at radius 1 is 1.00 bits per heavy atom. The van der Waals surface area contributed by atoms with Crippen LogP contribution in [0.3, 0.4) is 0 Å². The number of carbonyl (C=O) groups excluding carboxylic acids is 1. The van der Waals surface area contributed by atoms with Crippen molar-refractivity contribution >= 4 is 11.7 Å². The lowest BCUT2D eigenvalue weighted by atomic mass is 9.88. The Morgan fingerprint density at radius 2 is 1.57 bits per heavy atom. The maximum Gasteiger partial charge on any atom is 0.226 e.